The molecule has 6 rings (SSSR count). The van der Waals surface area contributed by atoms with Crippen LogP contribution in [0.5, 0.6) is 11.5 Å². The van der Waals surface area contributed by atoms with Crippen molar-refractivity contribution >= 4 is 60.3 Å². The number of fused-ring (bicyclic) bond motifs is 2. The van der Waals surface area contributed by atoms with Gasteiger partial charge in [-0.2, -0.15) is 0 Å². The number of benzene rings is 4. The number of ketones is 1. The topological polar surface area (TPSA) is 160 Å². The number of hydrogen-bond donors (Lipinski definition) is 1. The molecule has 56 heavy (non-hydrogen) atoms. The van der Waals surface area contributed by atoms with Gasteiger partial charge in [0.2, 0.25) is 31.9 Å². The molecule has 0 saturated heterocycles. The lowest BCUT2D eigenvalue weighted by Crippen LogP contribution is -2.37. The lowest BCUT2D eigenvalue weighted by Gasteiger charge is -2.29. The Kier molecular flexibility index (Phi) is 12.3. The highest BCUT2D eigenvalue weighted by molar-refractivity contribution is 7.92. The van der Waals surface area contributed by atoms with Gasteiger partial charge in [0, 0.05) is 42.6 Å². The van der Waals surface area contributed by atoms with Gasteiger partial charge in [0.15, 0.2) is 11.5 Å². The Bertz CT molecular complexity index is 2580. The predicted molar refractivity (Wildman–Crippen MR) is 212 cm³/mol. The molecule has 0 fully saturated rings. The summed E-state index contributed by atoms with van der Waals surface area (Å²) in [6.45, 7) is 6.96. The van der Waals surface area contributed by atoms with E-state index in [9.17, 15) is 40.0 Å². The SMILES string of the molecule is CC(C)N(c1cc2c(cc1Cc1ccc(F)cc1F)C(=O)CC2)S(C)(=O)=O.CC(C)N(c1cc2occ(NC=O)c(=O)c2cc1Oc1ccccc1)S(C)(=O)=O. The highest BCUT2D eigenvalue weighted by atomic mass is 32.2. The molecule has 1 N–H and O–H groups in total. The first-order valence-corrected chi connectivity index (χ1v) is 21.1. The second kappa shape index (κ2) is 16.6. The molecule has 1 aliphatic carbocycles. The van der Waals surface area contributed by atoms with E-state index in [0.717, 1.165) is 36.5 Å². The first kappa shape index (κ1) is 41.6. The van der Waals surface area contributed by atoms with Gasteiger partial charge in [0.05, 0.1) is 29.3 Å². The number of carbonyl (C=O) groups is 2. The van der Waals surface area contributed by atoms with Crippen LogP contribution in [0.3, 0.4) is 0 Å². The first-order valence-electron chi connectivity index (χ1n) is 17.4. The minimum absolute atomic E-state index is 0.00664. The minimum Gasteiger partial charge on any atom is -0.462 e. The quantitative estimate of drug-likeness (QED) is 0.129. The van der Waals surface area contributed by atoms with Gasteiger partial charge in [-0.3, -0.25) is 23.0 Å². The maximum atomic E-state index is 14.2. The number of halogens is 2. The summed E-state index contributed by atoms with van der Waals surface area (Å²) in [6, 6.07) is 17.5. The Morgan fingerprint density at radius 3 is 2.05 bits per heavy atom. The van der Waals surface area contributed by atoms with Crippen LogP contribution in [0.1, 0.15) is 61.2 Å². The van der Waals surface area contributed by atoms with E-state index in [-0.39, 0.29) is 51.9 Å². The molecule has 0 spiro atoms. The van der Waals surface area contributed by atoms with Crippen LogP contribution in [0.15, 0.2) is 88.3 Å². The van der Waals surface area contributed by atoms with Crippen LogP contribution >= 0.6 is 0 Å². The van der Waals surface area contributed by atoms with E-state index >= 15 is 0 Å². The number of ether oxygens (including phenoxy) is 1. The Morgan fingerprint density at radius 2 is 1.46 bits per heavy atom. The number of aryl methyl sites for hydroxylation is 1. The zero-order chi connectivity index (χ0) is 41.1. The predicted octanol–water partition coefficient (Wildman–Crippen LogP) is 7.19. The third-order valence-electron chi connectivity index (χ3n) is 8.79. The van der Waals surface area contributed by atoms with Crippen LogP contribution in [0.2, 0.25) is 0 Å². The molecule has 0 unspecified atom stereocenters. The van der Waals surface area contributed by atoms with Crippen molar-refractivity contribution in [3.63, 3.8) is 0 Å². The standard InChI is InChI=1S/C20H21F2NO3S.C20H20N2O6S/c1-12(2)23(27(3,25)26)19-10-13-5-7-20(24)17(13)9-15(19)8-14-4-6-16(21)11-18(14)22;1-13(2)22(29(3,25)26)17-10-18-15(20(24)16(11-27-18)21-12-23)9-19(17)28-14-7-5-4-6-8-14/h4,6,9-12H,5,7-8H2,1-3H3;4-13H,1-3H3,(H,21,23). The van der Waals surface area contributed by atoms with Crippen LogP contribution in [0.25, 0.3) is 11.0 Å². The van der Waals surface area contributed by atoms with Crippen molar-refractivity contribution in [1.82, 2.24) is 0 Å². The molecule has 12 nitrogen and oxygen atoms in total. The monoisotopic (exact) mass is 809 g/mol. The number of rotatable bonds is 12. The van der Waals surface area contributed by atoms with Crippen molar-refractivity contribution in [1.29, 1.82) is 0 Å². The highest BCUT2D eigenvalue weighted by Gasteiger charge is 2.29. The van der Waals surface area contributed by atoms with E-state index < -0.39 is 43.2 Å². The van der Waals surface area contributed by atoms with E-state index in [4.69, 9.17) is 9.15 Å². The van der Waals surface area contributed by atoms with Gasteiger partial charge in [-0.25, -0.2) is 25.6 Å². The highest BCUT2D eigenvalue weighted by Crippen LogP contribution is 2.38. The molecule has 0 bridgehead atoms. The summed E-state index contributed by atoms with van der Waals surface area (Å²) in [7, 11) is -7.24. The molecule has 1 heterocycles. The van der Waals surface area contributed by atoms with E-state index in [1.54, 1.807) is 64.1 Å². The molecule has 296 valence electrons. The molecule has 0 radical (unpaired) electrons. The summed E-state index contributed by atoms with van der Waals surface area (Å²) >= 11 is 0. The lowest BCUT2D eigenvalue weighted by molar-refractivity contribution is -0.105. The molecule has 1 aliphatic rings. The summed E-state index contributed by atoms with van der Waals surface area (Å²) in [5.41, 5.74) is 2.43. The van der Waals surface area contributed by atoms with Crippen LogP contribution in [0.4, 0.5) is 25.8 Å². The third kappa shape index (κ3) is 9.25. The number of amides is 1. The van der Waals surface area contributed by atoms with Gasteiger partial charge in [-0.05, 0) is 87.2 Å². The summed E-state index contributed by atoms with van der Waals surface area (Å²) in [4.78, 5) is 35.5. The van der Waals surface area contributed by atoms with Crippen molar-refractivity contribution in [3.8, 4) is 11.5 Å². The summed E-state index contributed by atoms with van der Waals surface area (Å²) in [6.07, 6.45) is 4.69. The molecule has 0 saturated carbocycles. The Hall–Kier alpha value is -5.61. The molecule has 16 heteroatoms. The van der Waals surface area contributed by atoms with Gasteiger partial charge in [0.25, 0.3) is 0 Å². The van der Waals surface area contributed by atoms with Crippen LogP contribution in [0, 0.1) is 11.6 Å². The van der Waals surface area contributed by atoms with Crippen molar-refractivity contribution < 1.29 is 44.4 Å². The zero-order valence-electron chi connectivity index (χ0n) is 31.5. The molecule has 1 amide bonds. The van der Waals surface area contributed by atoms with Gasteiger partial charge < -0.3 is 14.5 Å². The van der Waals surface area contributed by atoms with Gasteiger partial charge in [-0.15, -0.1) is 0 Å². The van der Waals surface area contributed by atoms with E-state index in [1.807, 2.05) is 6.07 Å². The molecule has 4 aromatic carbocycles. The number of nitrogens with zero attached hydrogens (tertiary/aromatic N) is 2. The average Bonchev–Trinajstić information content (AvgIpc) is 3.46. The van der Waals surface area contributed by atoms with Gasteiger partial charge >= 0.3 is 0 Å². The summed E-state index contributed by atoms with van der Waals surface area (Å²) < 4.78 is 90.9. The zero-order valence-corrected chi connectivity index (χ0v) is 33.1. The van der Waals surface area contributed by atoms with Crippen LogP contribution in [-0.2, 0) is 37.7 Å². The van der Waals surface area contributed by atoms with Gasteiger partial charge in [-0.1, -0.05) is 24.3 Å². The second-order valence-corrected chi connectivity index (χ2v) is 17.5. The third-order valence-corrected chi connectivity index (χ3v) is 11.5. The number of sulfonamides is 2. The number of carbonyl (C=O) groups excluding carboxylic acids is 2. The lowest BCUT2D eigenvalue weighted by atomic mass is 9.97. The minimum atomic E-state index is -3.65. The smallest absolute Gasteiger partial charge is 0.232 e. The fourth-order valence-electron chi connectivity index (χ4n) is 6.60. The first-order chi connectivity index (χ1) is 26.3. The number of hydrogen-bond acceptors (Lipinski definition) is 9. The molecule has 1 aromatic heterocycles. The number of anilines is 3. The summed E-state index contributed by atoms with van der Waals surface area (Å²) in [5, 5.41) is 2.43. The number of Topliss-reactive ketones (excluding diaryl/α,β-unsaturated/α-hetero) is 1. The van der Waals surface area contributed by atoms with Crippen LogP contribution in [-0.4, -0.2) is 53.6 Å². The molecule has 0 aliphatic heterocycles. The number of para-hydroxylation sites is 1. The average molecular weight is 810 g/mol. The van der Waals surface area contributed by atoms with Crippen LogP contribution < -0.4 is 24.1 Å². The fourth-order valence-corrected chi connectivity index (χ4v) is 9.16. The largest absolute Gasteiger partial charge is 0.462 e. The Morgan fingerprint density at radius 1 is 0.821 bits per heavy atom. The van der Waals surface area contributed by atoms with Gasteiger partial charge in [0.1, 0.15) is 34.9 Å². The maximum absolute atomic E-state index is 14.2. The normalized spacial score (nSPS) is 12.6. The summed E-state index contributed by atoms with van der Waals surface area (Å²) in [5.74, 6) is -0.758. The maximum Gasteiger partial charge on any atom is 0.232 e. The number of nitrogens with one attached hydrogen (secondary N) is 1. The molecular weight excluding hydrogens is 769 g/mol. The second-order valence-electron chi connectivity index (χ2n) is 13.8. The molecule has 0 atom stereocenters. The van der Waals surface area contributed by atoms with Crippen molar-refractivity contribution in [3.05, 3.63) is 123 Å². The van der Waals surface area contributed by atoms with Crippen molar-refractivity contribution in [2.24, 2.45) is 0 Å². The van der Waals surface area contributed by atoms with E-state index in [1.165, 1.54) is 26.8 Å². The Balaban J connectivity index is 0.000000215. The fraction of sp³-hybridized carbons (Fsp3) is 0.275. The van der Waals surface area contributed by atoms with Crippen molar-refractivity contribution in [2.75, 3.05) is 26.4 Å². The molecular formula is C40H41F2N3O9S2. The molecule has 5 aromatic rings. The Labute approximate surface area is 323 Å². The van der Waals surface area contributed by atoms with E-state index in [2.05, 4.69) is 5.32 Å². The van der Waals surface area contributed by atoms with Crippen molar-refractivity contribution in [2.45, 2.75) is 59.0 Å². The van der Waals surface area contributed by atoms with E-state index in [0.29, 0.717) is 41.8 Å².